The molecule has 0 aromatic carbocycles. The van der Waals surface area contributed by atoms with Gasteiger partial charge in [-0.2, -0.15) is 0 Å². The highest BCUT2D eigenvalue weighted by Crippen LogP contribution is 2.39. The molecule has 0 spiro atoms. The summed E-state index contributed by atoms with van der Waals surface area (Å²) in [7, 11) is 0. The van der Waals surface area contributed by atoms with Crippen molar-refractivity contribution in [3.05, 3.63) is 0 Å². The fourth-order valence-electron chi connectivity index (χ4n) is 2.76. The minimum atomic E-state index is 0.418. The lowest BCUT2D eigenvalue weighted by Crippen LogP contribution is -2.24. The SMILES string of the molecule is C=NC(C)C(C)C(C)C1CCC(C)C1. The molecule has 0 aromatic heterocycles. The Balaban J connectivity index is 2.47. The van der Waals surface area contributed by atoms with Gasteiger partial charge in [0.25, 0.3) is 0 Å². The van der Waals surface area contributed by atoms with Crippen molar-refractivity contribution in [3.63, 3.8) is 0 Å². The molecule has 5 atom stereocenters. The van der Waals surface area contributed by atoms with Crippen molar-refractivity contribution in [2.24, 2.45) is 28.7 Å². The summed E-state index contributed by atoms with van der Waals surface area (Å²) in [5.41, 5.74) is 0. The van der Waals surface area contributed by atoms with Crippen molar-refractivity contribution in [2.45, 2.75) is 53.0 Å². The van der Waals surface area contributed by atoms with Gasteiger partial charge >= 0.3 is 0 Å². The first kappa shape index (κ1) is 11.7. The van der Waals surface area contributed by atoms with Gasteiger partial charge in [0.1, 0.15) is 0 Å². The van der Waals surface area contributed by atoms with Crippen molar-refractivity contribution in [1.82, 2.24) is 0 Å². The normalized spacial score (nSPS) is 33.7. The van der Waals surface area contributed by atoms with Crippen LogP contribution in [-0.2, 0) is 0 Å². The Morgan fingerprint density at radius 1 is 1.21 bits per heavy atom. The molecule has 1 saturated carbocycles. The van der Waals surface area contributed by atoms with E-state index in [0.29, 0.717) is 12.0 Å². The quantitative estimate of drug-likeness (QED) is 0.605. The lowest BCUT2D eigenvalue weighted by molar-refractivity contribution is 0.237. The molecule has 0 aliphatic heterocycles. The van der Waals surface area contributed by atoms with E-state index >= 15 is 0 Å². The number of hydrogen-bond acceptors (Lipinski definition) is 1. The molecule has 1 rings (SSSR count). The van der Waals surface area contributed by atoms with Gasteiger partial charge in [0.05, 0.1) is 0 Å². The molecule has 0 amide bonds. The largest absolute Gasteiger partial charge is 0.298 e. The monoisotopic (exact) mass is 195 g/mol. The van der Waals surface area contributed by atoms with Gasteiger partial charge in [-0.05, 0) is 50.2 Å². The summed E-state index contributed by atoms with van der Waals surface area (Å²) < 4.78 is 0. The Morgan fingerprint density at radius 3 is 2.29 bits per heavy atom. The van der Waals surface area contributed by atoms with Crippen molar-refractivity contribution in [2.75, 3.05) is 0 Å². The van der Waals surface area contributed by atoms with Gasteiger partial charge in [-0.15, -0.1) is 0 Å². The summed E-state index contributed by atoms with van der Waals surface area (Å²) in [5, 5.41) is 0. The lowest BCUT2D eigenvalue weighted by Gasteiger charge is -2.28. The molecule has 14 heavy (non-hydrogen) atoms. The van der Waals surface area contributed by atoms with Crippen LogP contribution in [0.2, 0.25) is 0 Å². The molecule has 1 aliphatic rings. The Labute approximate surface area is 89.0 Å². The molecule has 1 aliphatic carbocycles. The molecule has 0 radical (unpaired) electrons. The van der Waals surface area contributed by atoms with E-state index in [-0.39, 0.29) is 0 Å². The summed E-state index contributed by atoms with van der Waals surface area (Å²) in [6.45, 7) is 12.9. The van der Waals surface area contributed by atoms with Crippen LogP contribution in [0, 0.1) is 23.7 Å². The molecule has 0 heterocycles. The lowest BCUT2D eigenvalue weighted by atomic mass is 9.79. The molecule has 0 N–H and O–H groups in total. The first-order valence-corrected chi connectivity index (χ1v) is 6.02. The van der Waals surface area contributed by atoms with Crippen LogP contribution in [0.25, 0.3) is 0 Å². The zero-order chi connectivity index (χ0) is 10.7. The van der Waals surface area contributed by atoms with E-state index < -0.39 is 0 Å². The van der Waals surface area contributed by atoms with E-state index in [2.05, 4.69) is 39.4 Å². The maximum atomic E-state index is 4.15. The maximum Gasteiger partial charge on any atom is 0.0492 e. The summed E-state index contributed by atoms with van der Waals surface area (Å²) in [6.07, 6.45) is 4.28. The van der Waals surface area contributed by atoms with E-state index in [9.17, 15) is 0 Å². The Bertz CT molecular complexity index is 188. The van der Waals surface area contributed by atoms with Crippen LogP contribution in [0.1, 0.15) is 47.0 Å². The molecule has 1 fully saturated rings. The average molecular weight is 195 g/mol. The molecule has 1 nitrogen and oxygen atoms in total. The van der Waals surface area contributed by atoms with Crippen LogP contribution < -0.4 is 0 Å². The highest BCUT2D eigenvalue weighted by Gasteiger charge is 2.30. The third-order valence-electron chi connectivity index (χ3n) is 4.36. The van der Waals surface area contributed by atoms with Crippen LogP contribution >= 0.6 is 0 Å². The molecule has 0 aromatic rings. The van der Waals surface area contributed by atoms with E-state index in [1.54, 1.807) is 0 Å². The molecule has 0 bridgehead atoms. The van der Waals surface area contributed by atoms with Crippen molar-refractivity contribution >= 4 is 6.72 Å². The van der Waals surface area contributed by atoms with Gasteiger partial charge in [-0.1, -0.05) is 27.2 Å². The van der Waals surface area contributed by atoms with E-state index in [4.69, 9.17) is 0 Å². The predicted molar refractivity (Wildman–Crippen MR) is 63.8 cm³/mol. The zero-order valence-corrected chi connectivity index (χ0v) is 10.2. The van der Waals surface area contributed by atoms with E-state index in [1.165, 1.54) is 19.3 Å². The molecular formula is C13H25N. The zero-order valence-electron chi connectivity index (χ0n) is 10.2. The van der Waals surface area contributed by atoms with Crippen LogP contribution in [0.3, 0.4) is 0 Å². The molecular weight excluding hydrogens is 170 g/mol. The Kier molecular flexibility index (Phi) is 4.15. The van der Waals surface area contributed by atoms with Crippen LogP contribution in [0.4, 0.5) is 0 Å². The smallest absolute Gasteiger partial charge is 0.0492 e. The second kappa shape index (κ2) is 4.95. The molecule has 5 unspecified atom stereocenters. The van der Waals surface area contributed by atoms with Gasteiger partial charge in [-0.3, -0.25) is 4.99 Å². The second-order valence-electron chi connectivity index (χ2n) is 5.32. The van der Waals surface area contributed by atoms with Crippen LogP contribution in [0.5, 0.6) is 0 Å². The second-order valence-corrected chi connectivity index (χ2v) is 5.32. The van der Waals surface area contributed by atoms with Gasteiger partial charge in [0.2, 0.25) is 0 Å². The molecule has 0 saturated heterocycles. The first-order valence-electron chi connectivity index (χ1n) is 6.02. The number of nitrogens with zero attached hydrogens (tertiary/aromatic N) is 1. The summed E-state index contributed by atoms with van der Waals surface area (Å²) >= 11 is 0. The minimum absolute atomic E-state index is 0.418. The number of rotatable bonds is 4. The fraction of sp³-hybridized carbons (Fsp3) is 0.923. The van der Waals surface area contributed by atoms with Crippen molar-refractivity contribution < 1.29 is 0 Å². The standard InChI is InChI=1S/C13H25N/c1-9-6-7-13(8-9)11(3)10(2)12(4)14-5/h9-13H,5-8H2,1-4H3. The maximum absolute atomic E-state index is 4.15. The third kappa shape index (κ3) is 2.59. The molecule has 1 heteroatoms. The van der Waals surface area contributed by atoms with Gasteiger partial charge in [-0.25, -0.2) is 0 Å². The highest BCUT2D eigenvalue weighted by molar-refractivity contribution is 5.24. The van der Waals surface area contributed by atoms with E-state index in [0.717, 1.165) is 17.8 Å². The van der Waals surface area contributed by atoms with E-state index in [1.807, 2.05) is 0 Å². The predicted octanol–water partition coefficient (Wildman–Crippen LogP) is 3.78. The van der Waals surface area contributed by atoms with Crippen LogP contribution in [-0.4, -0.2) is 12.8 Å². The van der Waals surface area contributed by atoms with Gasteiger partial charge < -0.3 is 0 Å². The van der Waals surface area contributed by atoms with Crippen molar-refractivity contribution in [3.8, 4) is 0 Å². The average Bonchev–Trinajstić information content (AvgIpc) is 2.61. The minimum Gasteiger partial charge on any atom is -0.298 e. The molecule has 82 valence electrons. The van der Waals surface area contributed by atoms with Crippen LogP contribution in [0.15, 0.2) is 4.99 Å². The van der Waals surface area contributed by atoms with Gasteiger partial charge in [0, 0.05) is 6.04 Å². The summed E-state index contributed by atoms with van der Waals surface area (Å²) in [6, 6.07) is 0.418. The topological polar surface area (TPSA) is 12.4 Å². The first-order chi connectivity index (χ1) is 6.56. The fourth-order valence-corrected chi connectivity index (χ4v) is 2.76. The third-order valence-corrected chi connectivity index (χ3v) is 4.36. The Morgan fingerprint density at radius 2 is 1.86 bits per heavy atom. The summed E-state index contributed by atoms with van der Waals surface area (Å²) in [4.78, 5) is 4.15. The number of aliphatic imine (C=N–C) groups is 1. The Hall–Kier alpha value is -0.330. The summed E-state index contributed by atoms with van der Waals surface area (Å²) in [5.74, 6) is 3.37. The highest BCUT2D eigenvalue weighted by atomic mass is 14.7. The van der Waals surface area contributed by atoms with Gasteiger partial charge in [0.15, 0.2) is 0 Å². The van der Waals surface area contributed by atoms with Crippen molar-refractivity contribution in [1.29, 1.82) is 0 Å². The number of hydrogen-bond donors (Lipinski definition) is 0.